The lowest BCUT2D eigenvalue weighted by molar-refractivity contribution is 0.122. The van der Waals surface area contributed by atoms with Crippen molar-refractivity contribution in [3.63, 3.8) is 0 Å². The van der Waals surface area contributed by atoms with Gasteiger partial charge in [-0.05, 0) is 32.0 Å². The minimum atomic E-state index is 0.460. The first-order chi connectivity index (χ1) is 17.2. The molecule has 6 rings (SSSR count). The third-order valence-corrected chi connectivity index (χ3v) is 6.14. The van der Waals surface area contributed by atoms with Crippen molar-refractivity contribution in [3.05, 3.63) is 60.6 Å². The van der Waals surface area contributed by atoms with Crippen LogP contribution >= 0.6 is 0 Å². The van der Waals surface area contributed by atoms with Crippen molar-refractivity contribution in [2.75, 3.05) is 31.2 Å². The molecular weight excluding hydrogens is 442 g/mol. The Morgan fingerprint density at radius 3 is 2.57 bits per heavy atom. The molecule has 5 aromatic rings. The second-order valence-corrected chi connectivity index (χ2v) is 8.45. The third-order valence-electron chi connectivity index (χ3n) is 6.14. The molecule has 0 atom stereocenters. The van der Waals surface area contributed by atoms with Crippen LogP contribution in [-0.4, -0.2) is 65.8 Å². The van der Waals surface area contributed by atoms with Gasteiger partial charge in [-0.1, -0.05) is 29.0 Å². The second-order valence-electron chi connectivity index (χ2n) is 8.45. The fourth-order valence-corrected chi connectivity index (χ4v) is 4.39. The minimum absolute atomic E-state index is 0.460. The molecule has 10 nitrogen and oxygen atoms in total. The number of hydrogen-bond donors (Lipinski definition) is 0. The minimum Gasteiger partial charge on any atom is -0.378 e. The van der Waals surface area contributed by atoms with Crippen LogP contribution in [0.15, 0.2) is 55.0 Å². The van der Waals surface area contributed by atoms with Crippen molar-refractivity contribution in [2.45, 2.75) is 20.4 Å². The number of hydrogen-bond acceptors (Lipinski definition) is 8. The van der Waals surface area contributed by atoms with E-state index in [1.165, 1.54) is 5.56 Å². The molecular formula is C25H25N9O. The molecule has 10 heteroatoms. The van der Waals surface area contributed by atoms with Crippen LogP contribution in [-0.2, 0) is 11.3 Å². The van der Waals surface area contributed by atoms with Gasteiger partial charge in [-0.15, -0.1) is 5.10 Å². The Bertz CT molecular complexity index is 1490. The van der Waals surface area contributed by atoms with Gasteiger partial charge in [0.2, 0.25) is 0 Å². The van der Waals surface area contributed by atoms with Crippen molar-refractivity contribution in [3.8, 4) is 28.6 Å². The number of aryl methyl sites for hydroxylation is 2. The topological polar surface area (TPSA) is 99.7 Å². The average Bonchev–Trinajstić information content (AvgIpc) is 3.54. The summed E-state index contributed by atoms with van der Waals surface area (Å²) in [6, 6.07) is 12.1. The lowest BCUT2D eigenvalue weighted by Gasteiger charge is -2.28. The first kappa shape index (κ1) is 21.4. The summed E-state index contributed by atoms with van der Waals surface area (Å²) < 4.78 is 9.33. The van der Waals surface area contributed by atoms with E-state index in [9.17, 15) is 0 Å². The fourth-order valence-electron chi connectivity index (χ4n) is 4.39. The average molecular weight is 468 g/mol. The first-order valence-electron chi connectivity index (χ1n) is 11.7. The highest BCUT2D eigenvalue weighted by atomic mass is 16.5. The quantitative estimate of drug-likeness (QED) is 0.388. The lowest BCUT2D eigenvalue weighted by Crippen LogP contribution is -2.37. The number of anilines is 1. The van der Waals surface area contributed by atoms with Crippen molar-refractivity contribution < 1.29 is 4.74 Å². The van der Waals surface area contributed by atoms with E-state index in [0.717, 1.165) is 52.7 Å². The Kier molecular flexibility index (Phi) is 5.42. The SMILES string of the molecule is CCn1c(-c2ccncc2)nc2c(N3CCOCC3)nc(-n3cc(-c4cccc(C)c4)nn3)nc21. The maximum Gasteiger partial charge on any atom is 0.256 e. The normalized spacial score (nSPS) is 14.1. The monoisotopic (exact) mass is 467 g/mol. The standard InChI is InChI=1S/C25H25N9O/c1-3-33-22(18-7-9-26-10-8-18)27-21-23(32-11-13-35-14-12-32)28-25(29-24(21)33)34-16-20(30-31-34)19-6-4-5-17(2)15-19/h4-10,15-16H,3,11-14H2,1-2H3. The molecule has 0 amide bonds. The van der Waals surface area contributed by atoms with E-state index in [-0.39, 0.29) is 0 Å². The first-order valence-corrected chi connectivity index (χ1v) is 11.7. The summed E-state index contributed by atoms with van der Waals surface area (Å²) >= 11 is 0. The molecule has 0 spiro atoms. The number of imidazole rings is 1. The third kappa shape index (κ3) is 3.91. The van der Waals surface area contributed by atoms with Gasteiger partial charge < -0.3 is 14.2 Å². The molecule has 1 aliphatic rings. The fraction of sp³-hybridized carbons (Fsp3) is 0.280. The highest BCUT2D eigenvalue weighted by Gasteiger charge is 2.24. The van der Waals surface area contributed by atoms with Gasteiger partial charge in [-0.2, -0.15) is 14.6 Å². The number of nitrogens with zero attached hydrogens (tertiary/aromatic N) is 9. The Labute approximate surface area is 202 Å². The molecule has 176 valence electrons. The van der Waals surface area contributed by atoms with Crippen LogP contribution < -0.4 is 4.90 Å². The number of ether oxygens (including phenoxy) is 1. The van der Waals surface area contributed by atoms with Gasteiger partial charge in [0.15, 0.2) is 17.0 Å². The van der Waals surface area contributed by atoms with Crippen molar-refractivity contribution in [1.82, 2.24) is 39.5 Å². The predicted molar refractivity (Wildman–Crippen MR) is 132 cm³/mol. The number of fused-ring (bicyclic) bond motifs is 1. The number of rotatable bonds is 5. The molecule has 0 radical (unpaired) electrons. The zero-order valence-corrected chi connectivity index (χ0v) is 19.7. The van der Waals surface area contributed by atoms with Crippen molar-refractivity contribution in [1.29, 1.82) is 0 Å². The van der Waals surface area contributed by atoms with Crippen LogP contribution in [0.5, 0.6) is 0 Å². The molecule has 0 unspecified atom stereocenters. The molecule has 0 saturated carbocycles. The van der Waals surface area contributed by atoms with Crippen LogP contribution in [0.4, 0.5) is 5.82 Å². The number of morpholine rings is 1. The van der Waals surface area contributed by atoms with Gasteiger partial charge in [0.25, 0.3) is 5.95 Å². The molecule has 4 aromatic heterocycles. The Morgan fingerprint density at radius 2 is 1.80 bits per heavy atom. The van der Waals surface area contributed by atoms with Crippen LogP contribution in [0, 0.1) is 6.92 Å². The van der Waals surface area contributed by atoms with E-state index in [2.05, 4.69) is 50.7 Å². The van der Waals surface area contributed by atoms with Gasteiger partial charge >= 0.3 is 0 Å². The van der Waals surface area contributed by atoms with Gasteiger partial charge in [-0.3, -0.25) is 4.98 Å². The van der Waals surface area contributed by atoms with E-state index in [1.807, 2.05) is 30.5 Å². The Hall–Kier alpha value is -4.18. The summed E-state index contributed by atoms with van der Waals surface area (Å²) in [6.45, 7) is 7.63. The lowest BCUT2D eigenvalue weighted by atomic mass is 10.1. The number of pyridine rings is 1. The predicted octanol–water partition coefficient (Wildman–Crippen LogP) is 3.30. The zero-order chi connectivity index (χ0) is 23.8. The molecule has 5 heterocycles. The maximum atomic E-state index is 5.58. The molecule has 1 saturated heterocycles. The van der Waals surface area contributed by atoms with Gasteiger partial charge in [0.1, 0.15) is 11.5 Å². The summed E-state index contributed by atoms with van der Waals surface area (Å²) in [7, 11) is 0. The Morgan fingerprint density at radius 1 is 0.971 bits per heavy atom. The van der Waals surface area contributed by atoms with Crippen molar-refractivity contribution in [2.24, 2.45) is 0 Å². The van der Waals surface area contributed by atoms with E-state index in [0.29, 0.717) is 25.7 Å². The van der Waals surface area contributed by atoms with Gasteiger partial charge in [0, 0.05) is 43.2 Å². The smallest absolute Gasteiger partial charge is 0.256 e. The summed E-state index contributed by atoms with van der Waals surface area (Å²) in [5.41, 5.74) is 5.45. The van der Waals surface area contributed by atoms with Gasteiger partial charge in [-0.25, -0.2) is 4.98 Å². The number of benzene rings is 1. The van der Waals surface area contributed by atoms with E-state index < -0.39 is 0 Å². The maximum absolute atomic E-state index is 5.58. The molecule has 0 N–H and O–H groups in total. The van der Waals surface area contributed by atoms with Crippen LogP contribution in [0.3, 0.4) is 0 Å². The second kappa shape index (κ2) is 8.88. The molecule has 0 bridgehead atoms. The highest BCUT2D eigenvalue weighted by molar-refractivity contribution is 5.87. The summed E-state index contributed by atoms with van der Waals surface area (Å²) in [6.07, 6.45) is 5.42. The van der Waals surface area contributed by atoms with E-state index >= 15 is 0 Å². The number of aromatic nitrogens is 8. The summed E-state index contributed by atoms with van der Waals surface area (Å²) in [4.78, 5) is 21.2. The largest absolute Gasteiger partial charge is 0.378 e. The molecule has 1 aliphatic heterocycles. The van der Waals surface area contributed by atoms with E-state index in [1.54, 1.807) is 17.1 Å². The van der Waals surface area contributed by atoms with E-state index in [4.69, 9.17) is 19.7 Å². The van der Waals surface area contributed by atoms with Crippen LogP contribution in [0.2, 0.25) is 0 Å². The highest BCUT2D eigenvalue weighted by Crippen LogP contribution is 2.30. The van der Waals surface area contributed by atoms with Crippen molar-refractivity contribution >= 4 is 17.0 Å². The molecule has 35 heavy (non-hydrogen) atoms. The molecule has 0 aliphatic carbocycles. The Balaban J connectivity index is 1.53. The summed E-state index contributed by atoms with van der Waals surface area (Å²) in [5.74, 6) is 2.08. The zero-order valence-electron chi connectivity index (χ0n) is 19.7. The molecule has 1 fully saturated rings. The summed E-state index contributed by atoms with van der Waals surface area (Å²) in [5, 5.41) is 8.76. The van der Waals surface area contributed by atoms with Crippen LogP contribution in [0.25, 0.3) is 39.8 Å². The van der Waals surface area contributed by atoms with Gasteiger partial charge in [0.05, 0.1) is 19.4 Å². The van der Waals surface area contributed by atoms with Crippen LogP contribution in [0.1, 0.15) is 12.5 Å². The molecule has 1 aromatic carbocycles.